The fourth-order valence-corrected chi connectivity index (χ4v) is 1.72. The van der Waals surface area contributed by atoms with E-state index in [2.05, 4.69) is 29.4 Å². The van der Waals surface area contributed by atoms with Crippen molar-refractivity contribution in [3.05, 3.63) is 59.4 Å². The third-order valence-electron chi connectivity index (χ3n) is 2.81. The minimum atomic E-state index is 0.583. The second-order valence-electron chi connectivity index (χ2n) is 4.23. The maximum atomic E-state index is 5.72. The van der Waals surface area contributed by atoms with Gasteiger partial charge in [0, 0.05) is 6.54 Å². The van der Waals surface area contributed by atoms with Gasteiger partial charge in [-0.1, -0.05) is 24.3 Å². The lowest BCUT2D eigenvalue weighted by molar-refractivity contribution is 0.304. The molecule has 0 spiro atoms. The van der Waals surface area contributed by atoms with Crippen LogP contribution < -0.4 is 10.1 Å². The van der Waals surface area contributed by atoms with Gasteiger partial charge in [-0.15, -0.1) is 0 Å². The Kier molecular flexibility index (Phi) is 4.31. The normalized spacial score (nSPS) is 10.3. The maximum absolute atomic E-state index is 5.72. The fraction of sp³-hybridized carbons (Fsp3) is 0.267. The maximum Gasteiger partial charge on any atom is 0.138 e. The van der Waals surface area contributed by atoms with Gasteiger partial charge in [0.1, 0.15) is 12.4 Å². The van der Waals surface area contributed by atoms with Gasteiger partial charge >= 0.3 is 0 Å². The average Bonchev–Trinajstić information content (AvgIpc) is 2.40. The number of aryl methyl sites for hydroxylation is 1. The van der Waals surface area contributed by atoms with Crippen molar-refractivity contribution in [3.63, 3.8) is 0 Å². The van der Waals surface area contributed by atoms with E-state index in [1.165, 1.54) is 11.1 Å². The summed E-state index contributed by atoms with van der Waals surface area (Å²) in [5.41, 5.74) is 3.47. The second kappa shape index (κ2) is 6.17. The lowest BCUT2D eigenvalue weighted by Gasteiger charge is -2.08. The van der Waals surface area contributed by atoms with E-state index in [-0.39, 0.29) is 0 Å². The van der Waals surface area contributed by atoms with Crippen LogP contribution in [0.5, 0.6) is 5.75 Å². The van der Waals surface area contributed by atoms with Gasteiger partial charge in [0.2, 0.25) is 0 Å². The molecule has 18 heavy (non-hydrogen) atoms. The van der Waals surface area contributed by atoms with Crippen molar-refractivity contribution >= 4 is 0 Å². The quantitative estimate of drug-likeness (QED) is 0.875. The van der Waals surface area contributed by atoms with Crippen LogP contribution >= 0.6 is 0 Å². The van der Waals surface area contributed by atoms with E-state index in [0.29, 0.717) is 6.61 Å². The van der Waals surface area contributed by atoms with Gasteiger partial charge in [-0.3, -0.25) is 4.98 Å². The summed E-state index contributed by atoms with van der Waals surface area (Å²) >= 11 is 0. The van der Waals surface area contributed by atoms with Crippen LogP contribution in [0.15, 0.2) is 42.6 Å². The summed E-state index contributed by atoms with van der Waals surface area (Å²) in [7, 11) is 1.91. The van der Waals surface area contributed by atoms with Crippen molar-refractivity contribution in [2.24, 2.45) is 0 Å². The van der Waals surface area contributed by atoms with Crippen molar-refractivity contribution in [3.8, 4) is 5.75 Å². The zero-order valence-corrected chi connectivity index (χ0v) is 10.8. The van der Waals surface area contributed by atoms with Crippen molar-refractivity contribution in [2.45, 2.75) is 20.1 Å². The molecule has 3 heteroatoms. The summed E-state index contributed by atoms with van der Waals surface area (Å²) < 4.78 is 5.72. The van der Waals surface area contributed by atoms with Gasteiger partial charge in [-0.25, -0.2) is 0 Å². The Bertz CT molecular complexity index is 494. The molecule has 0 saturated carbocycles. The van der Waals surface area contributed by atoms with E-state index in [4.69, 9.17) is 4.74 Å². The molecule has 0 aliphatic rings. The van der Waals surface area contributed by atoms with E-state index in [1.807, 2.05) is 31.3 Å². The molecule has 0 bridgehead atoms. The molecule has 0 aliphatic carbocycles. The largest absolute Gasteiger partial charge is 0.487 e. The molecule has 0 aliphatic heterocycles. The molecule has 1 aromatic carbocycles. The number of nitrogens with zero attached hydrogens (tertiary/aromatic N) is 1. The third kappa shape index (κ3) is 3.31. The number of ether oxygens (including phenoxy) is 1. The molecule has 94 valence electrons. The van der Waals surface area contributed by atoms with Crippen LogP contribution in [0, 0.1) is 6.92 Å². The van der Waals surface area contributed by atoms with Crippen LogP contribution in [0.25, 0.3) is 0 Å². The number of pyridine rings is 1. The molecule has 0 amide bonds. The van der Waals surface area contributed by atoms with Gasteiger partial charge in [0.25, 0.3) is 0 Å². The molecule has 0 atom stereocenters. The summed E-state index contributed by atoms with van der Waals surface area (Å²) in [4.78, 5) is 4.32. The molecule has 2 rings (SSSR count). The predicted molar refractivity (Wildman–Crippen MR) is 72.5 cm³/mol. The molecule has 0 fully saturated rings. The average molecular weight is 242 g/mol. The molecule has 1 heterocycles. The van der Waals surface area contributed by atoms with Gasteiger partial charge in [-0.05, 0) is 37.2 Å². The number of rotatable bonds is 5. The first-order valence-corrected chi connectivity index (χ1v) is 6.06. The first-order chi connectivity index (χ1) is 8.79. The highest BCUT2D eigenvalue weighted by Gasteiger charge is 1.99. The lowest BCUT2D eigenvalue weighted by atomic mass is 10.1. The number of benzene rings is 1. The molecular weight excluding hydrogens is 224 g/mol. The van der Waals surface area contributed by atoms with Gasteiger partial charge in [-0.2, -0.15) is 0 Å². The van der Waals surface area contributed by atoms with Crippen molar-refractivity contribution in [1.82, 2.24) is 10.3 Å². The highest BCUT2D eigenvalue weighted by Crippen LogP contribution is 2.14. The van der Waals surface area contributed by atoms with Crippen molar-refractivity contribution in [1.29, 1.82) is 0 Å². The van der Waals surface area contributed by atoms with Gasteiger partial charge < -0.3 is 10.1 Å². The monoisotopic (exact) mass is 242 g/mol. The molecule has 1 N–H and O–H groups in total. The summed E-state index contributed by atoms with van der Waals surface area (Å²) in [6.07, 6.45) is 1.77. The molecule has 0 unspecified atom stereocenters. The predicted octanol–water partition coefficient (Wildman–Crippen LogP) is 2.69. The van der Waals surface area contributed by atoms with E-state index < -0.39 is 0 Å². The Balaban J connectivity index is 1.96. The zero-order valence-electron chi connectivity index (χ0n) is 10.8. The number of hydrogen-bond acceptors (Lipinski definition) is 3. The number of nitrogens with one attached hydrogen (secondary N) is 1. The topological polar surface area (TPSA) is 34.1 Å². The Morgan fingerprint density at radius 2 is 2.00 bits per heavy atom. The van der Waals surface area contributed by atoms with Crippen LogP contribution in [0.1, 0.15) is 16.8 Å². The Hall–Kier alpha value is -1.87. The smallest absolute Gasteiger partial charge is 0.138 e. The molecular formula is C15H18N2O. The molecule has 0 saturated heterocycles. The highest BCUT2D eigenvalue weighted by atomic mass is 16.5. The minimum absolute atomic E-state index is 0.583. The van der Waals surface area contributed by atoms with Crippen LogP contribution in [0.3, 0.4) is 0 Å². The standard InChI is InChI=1S/C15H18N2O/c1-12-5-3-4-6-13(12)11-18-15-8-7-14(9-16-2)17-10-15/h3-8,10,16H,9,11H2,1-2H3. The summed E-state index contributed by atoms with van der Waals surface area (Å²) in [5.74, 6) is 0.804. The minimum Gasteiger partial charge on any atom is -0.487 e. The summed E-state index contributed by atoms with van der Waals surface area (Å²) in [6, 6.07) is 12.2. The number of aromatic nitrogens is 1. The van der Waals surface area contributed by atoms with E-state index in [1.54, 1.807) is 6.20 Å². The Morgan fingerprint density at radius 1 is 1.17 bits per heavy atom. The molecule has 1 aromatic heterocycles. The van der Waals surface area contributed by atoms with Gasteiger partial charge in [0.15, 0.2) is 0 Å². The van der Waals surface area contributed by atoms with Crippen molar-refractivity contribution < 1.29 is 4.74 Å². The van der Waals surface area contributed by atoms with E-state index in [9.17, 15) is 0 Å². The van der Waals surface area contributed by atoms with Crippen LogP contribution in [0.2, 0.25) is 0 Å². The molecule has 3 nitrogen and oxygen atoms in total. The third-order valence-corrected chi connectivity index (χ3v) is 2.81. The van der Waals surface area contributed by atoms with Crippen LogP contribution in [-0.4, -0.2) is 12.0 Å². The SMILES string of the molecule is CNCc1ccc(OCc2ccccc2C)cn1. The van der Waals surface area contributed by atoms with Crippen LogP contribution in [-0.2, 0) is 13.2 Å². The Labute approximate surface area is 108 Å². The zero-order chi connectivity index (χ0) is 12.8. The second-order valence-corrected chi connectivity index (χ2v) is 4.23. The molecule has 0 radical (unpaired) electrons. The highest BCUT2D eigenvalue weighted by molar-refractivity contribution is 5.26. The Morgan fingerprint density at radius 3 is 2.67 bits per heavy atom. The van der Waals surface area contributed by atoms with Gasteiger partial charge in [0.05, 0.1) is 11.9 Å². The number of hydrogen-bond donors (Lipinski definition) is 1. The first kappa shape index (κ1) is 12.6. The summed E-state index contributed by atoms with van der Waals surface area (Å²) in [5, 5.41) is 3.07. The lowest BCUT2D eigenvalue weighted by Crippen LogP contribution is -2.06. The van der Waals surface area contributed by atoms with Crippen molar-refractivity contribution in [2.75, 3.05) is 7.05 Å². The summed E-state index contributed by atoms with van der Waals surface area (Å²) in [6.45, 7) is 3.45. The van der Waals surface area contributed by atoms with Crippen LogP contribution in [0.4, 0.5) is 0 Å². The molecule has 2 aromatic rings. The first-order valence-electron chi connectivity index (χ1n) is 6.06. The van der Waals surface area contributed by atoms with E-state index in [0.717, 1.165) is 18.0 Å². The van der Waals surface area contributed by atoms with E-state index >= 15 is 0 Å². The fourth-order valence-electron chi connectivity index (χ4n) is 1.72.